The number of hydrogen-bond acceptors (Lipinski definition) is 4. The molecule has 1 heterocycles. The van der Waals surface area contributed by atoms with E-state index in [-0.39, 0.29) is 6.04 Å². The van der Waals surface area contributed by atoms with Gasteiger partial charge in [0.05, 0.1) is 6.61 Å². The number of piperidine rings is 1. The lowest BCUT2D eigenvalue weighted by molar-refractivity contribution is -0.144. The summed E-state index contributed by atoms with van der Waals surface area (Å²) in [7, 11) is 3.77. The maximum absolute atomic E-state index is 12.3. The van der Waals surface area contributed by atoms with Crippen molar-refractivity contribution in [3.63, 3.8) is 0 Å². The second kappa shape index (κ2) is 7.97. The van der Waals surface area contributed by atoms with Crippen LogP contribution in [0.1, 0.15) is 19.8 Å². The number of ether oxygens (including phenoxy) is 1. The molecule has 0 aromatic heterocycles. The summed E-state index contributed by atoms with van der Waals surface area (Å²) in [4.78, 5) is 28.2. The Hall–Kier alpha value is -2.08. The second-order valence-electron chi connectivity index (χ2n) is 5.86. The number of hydrogen-bond donors (Lipinski definition) is 1. The minimum absolute atomic E-state index is 0.129. The molecule has 1 aliphatic rings. The molecule has 0 radical (unpaired) electrons. The van der Waals surface area contributed by atoms with Crippen LogP contribution in [-0.4, -0.2) is 61.4 Å². The van der Waals surface area contributed by atoms with Crippen LogP contribution < -0.4 is 10.1 Å². The molecule has 23 heavy (non-hydrogen) atoms. The molecule has 0 atom stereocenters. The Labute approximate surface area is 137 Å². The molecule has 2 amide bonds. The molecule has 1 aromatic carbocycles. The van der Waals surface area contributed by atoms with Gasteiger partial charge in [0.1, 0.15) is 5.75 Å². The van der Waals surface area contributed by atoms with E-state index in [1.807, 2.05) is 6.92 Å². The molecule has 1 N–H and O–H groups in total. The number of nitrogens with zero attached hydrogens (tertiary/aromatic N) is 2. The van der Waals surface area contributed by atoms with Gasteiger partial charge < -0.3 is 19.9 Å². The van der Waals surface area contributed by atoms with Crippen LogP contribution >= 0.6 is 0 Å². The van der Waals surface area contributed by atoms with Crippen LogP contribution in [0.4, 0.5) is 5.69 Å². The minimum Gasteiger partial charge on any atom is -0.494 e. The number of rotatable bonds is 4. The van der Waals surface area contributed by atoms with Gasteiger partial charge >= 0.3 is 11.8 Å². The Kier molecular flexibility index (Phi) is 5.98. The topological polar surface area (TPSA) is 61.9 Å². The molecule has 2 rings (SSSR count). The van der Waals surface area contributed by atoms with Crippen LogP contribution in [0.15, 0.2) is 24.3 Å². The number of nitrogens with one attached hydrogen (secondary N) is 1. The maximum Gasteiger partial charge on any atom is 0.313 e. The van der Waals surface area contributed by atoms with Crippen molar-refractivity contribution in [1.29, 1.82) is 0 Å². The maximum atomic E-state index is 12.3. The summed E-state index contributed by atoms with van der Waals surface area (Å²) in [6.07, 6.45) is 1.80. The zero-order valence-corrected chi connectivity index (χ0v) is 14.0. The highest BCUT2D eigenvalue weighted by molar-refractivity contribution is 6.39. The zero-order chi connectivity index (χ0) is 16.8. The van der Waals surface area contributed by atoms with Gasteiger partial charge in [-0.2, -0.15) is 0 Å². The summed E-state index contributed by atoms with van der Waals surface area (Å²) >= 11 is 0. The molecule has 1 aromatic rings. The summed E-state index contributed by atoms with van der Waals surface area (Å²) in [6.45, 7) is 4.39. The summed E-state index contributed by atoms with van der Waals surface area (Å²) in [5, 5.41) is 2.64. The Morgan fingerprint density at radius 2 is 1.87 bits per heavy atom. The Morgan fingerprint density at radius 1 is 1.26 bits per heavy atom. The van der Waals surface area contributed by atoms with E-state index in [2.05, 4.69) is 17.3 Å². The first kappa shape index (κ1) is 17.3. The van der Waals surface area contributed by atoms with Gasteiger partial charge in [0, 0.05) is 18.8 Å². The number of likely N-dealkylation sites (N-methyl/N-ethyl adjacent to an activating group) is 1. The molecule has 1 saturated heterocycles. The van der Waals surface area contributed by atoms with Crippen molar-refractivity contribution in [2.75, 3.05) is 39.1 Å². The Balaban J connectivity index is 1.90. The average molecular weight is 319 g/mol. The van der Waals surface area contributed by atoms with E-state index >= 15 is 0 Å². The first-order valence-electron chi connectivity index (χ1n) is 8.00. The fourth-order valence-electron chi connectivity index (χ4n) is 2.69. The molecule has 126 valence electrons. The van der Waals surface area contributed by atoms with Gasteiger partial charge in [-0.1, -0.05) is 0 Å². The zero-order valence-electron chi connectivity index (χ0n) is 14.0. The van der Waals surface area contributed by atoms with Crippen LogP contribution in [0.2, 0.25) is 0 Å². The molecule has 1 fully saturated rings. The highest BCUT2D eigenvalue weighted by Gasteiger charge is 2.27. The van der Waals surface area contributed by atoms with Crippen molar-refractivity contribution >= 4 is 17.5 Å². The van der Waals surface area contributed by atoms with Crippen molar-refractivity contribution in [2.24, 2.45) is 0 Å². The Bertz CT molecular complexity index is 537. The number of benzene rings is 1. The van der Waals surface area contributed by atoms with Crippen molar-refractivity contribution in [3.05, 3.63) is 24.3 Å². The van der Waals surface area contributed by atoms with E-state index in [1.54, 1.807) is 36.2 Å². The van der Waals surface area contributed by atoms with Crippen molar-refractivity contribution < 1.29 is 14.3 Å². The normalized spacial score (nSPS) is 16.0. The lowest BCUT2D eigenvalue weighted by Gasteiger charge is -2.34. The van der Waals surface area contributed by atoms with E-state index in [9.17, 15) is 9.59 Å². The molecule has 6 heteroatoms. The number of carbonyl (C=O) groups excluding carboxylic acids is 2. The van der Waals surface area contributed by atoms with Gasteiger partial charge in [0.2, 0.25) is 0 Å². The molecule has 0 spiro atoms. The predicted molar refractivity (Wildman–Crippen MR) is 89.5 cm³/mol. The number of carbonyl (C=O) groups is 2. The van der Waals surface area contributed by atoms with Gasteiger partial charge in [-0.05, 0) is 64.2 Å². The molecular weight excluding hydrogens is 294 g/mol. The van der Waals surface area contributed by atoms with Gasteiger partial charge in [-0.15, -0.1) is 0 Å². The summed E-state index contributed by atoms with van der Waals surface area (Å²) < 4.78 is 5.35. The van der Waals surface area contributed by atoms with E-state index < -0.39 is 11.8 Å². The van der Waals surface area contributed by atoms with Crippen LogP contribution in [-0.2, 0) is 9.59 Å². The number of anilines is 1. The standard InChI is InChI=1S/C17H25N3O3/c1-4-23-15-7-5-13(6-8-15)18-16(21)17(22)20(3)14-9-11-19(2)12-10-14/h5-8,14H,4,9-12H2,1-3H3,(H,18,21). The van der Waals surface area contributed by atoms with E-state index in [4.69, 9.17) is 4.74 Å². The van der Waals surface area contributed by atoms with Crippen LogP contribution in [0, 0.1) is 0 Å². The molecule has 0 unspecified atom stereocenters. The van der Waals surface area contributed by atoms with Crippen LogP contribution in [0.3, 0.4) is 0 Å². The largest absolute Gasteiger partial charge is 0.494 e. The number of likely N-dealkylation sites (tertiary alicyclic amines) is 1. The van der Waals surface area contributed by atoms with Crippen LogP contribution in [0.25, 0.3) is 0 Å². The third-order valence-corrected chi connectivity index (χ3v) is 4.17. The molecule has 0 saturated carbocycles. The molecule has 0 bridgehead atoms. The van der Waals surface area contributed by atoms with Crippen molar-refractivity contribution in [1.82, 2.24) is 9.80 Å². The Morgan fingerprint density at radius 3 is 2.43 bits per heavy atom. The monoisotopic (exact) mass is 319 g/mol. The van der Waals surface area contributed by atoms with Gasteiger partial charge in [0.15, 0.2) is 0 Å². The molecule has 0 aliphatic carbocycles. The molecular formula is C17H25N3O3. The SMILES string of the molecule is CCOc1ccc(NC(=O)C(=O)N(C)C2CCN(C)CC2)cc1. The molecule has 1 aliphatic heterocycles. The smallest absolute Gasteiger partial charge is 0.313 e. The quantitative estimate of drug-likeness (QED) is 0.856. The average Bonchev–Trinajstić information content (AvgIpc) is 2.56. The van der Waals surface area contributed by atoms with Gasteiger partial charge in [-0.25, -0.2) is 0 Å². The first-order chi connectivity index (χ1) is 11.0. The lowest BCUT2D eigenvalue weighted by Crippen LogP contribution is -2.47. The minimum atomic E-state index is -0.601. The summed E-state index contributed by atoms with van der Waals surface area (Å²) in [5.74, 6) is -0.357. The highest BCUT2D eigenvalue weighted by atomic mass is 16.5. The van der Waals surface area contributed by atoms with Crippen LogP contribution in [0.5, 0.6) is 5.75 Å². The molecule has 6 nitrogen and oxygen atoms in total. The van der Waals surface area contributed by atoms with Gasteiger partial charge in [-0.3, -0.25) is 9.59 Å². The highest BCUT2D eigenvalue weighted by Crippen LogP contribution is 2.17. The summed E-state index contributed by atoms with van der Waals surface area (Å²) in [5.41, 5.74) is 0.587. The van der Waals surface area contributed by atoms with Crippen molar-refractivity contribution in [3.8, 4) is 5.75 Å². The first-order valence-corrected chi connectivity index (χ1v) is 8.00. The van der Waals surface area contributed by atoms with E-state index in [1.165, 1.54) is 0 Å². The van der Waals surface area contributed by atoms with Gasteiger partial charge in [0.25, 0.3) is 0 Å². The third kappa shape index (κ3) is 4.69. The fourth-order valence-corrected chi connectivity index (χ4v) is 2.69. The van der Waals surface area contributed by atoms with E-state index in [0.717, 1.165) is 31.7 Å². The fraction of sp³-hybridized carbons (Fsp3) is 0.529. The number of amides is 2. The third-order valence-electron chi connectivity index (χ3n) is 4.17. The van der Waals surface area contributed by atoms with E-state index in [0.29, 0.717) is 12.3 Å². The lowest BCUT2D eigenvalue weighted by atomic mass is 10.0. The summed E-state index contributed by atoms with van der Waals surface area (Å²) in [6, 6.07) is 7.12. The predicted octanol–water partition coefficient (Wildman–Crippen LogP) is 1.58. The van der Waals surface area contributed by atoms with Crippen molar-refractivity contribution in [2.45, 2.75) is 25.8 Å². The second-order valence-corrected chi connectivity index (χ2v) is 5.86.